The molecule has 0 saturated carbocycles. The first-order chi connectivity index (χ1) is 7.43. The van der Waals surface area contributed by atoms with Crippen LogP contribution in [-0.2, 0) is 10.2 Å². The Balaban J connectivity index is 2.56. The van der Waals surface area contributed by atoms with Crippen molar-refractivity contribution < 1.29 is 4.79 Å². The van der Waals surface area contributed by atoms with Gasteiger partial charge in [0.15, 0.2) is 0 Å². The van der Waals surface area contributed by atoms with E-state index in [2.05, 4.69) is 41.6 Å². The van der Waals surface area contributed by atoms with Gasteiger partial charge >= 0.3 is 0 Å². The summed E-state index contributed by atoms with van der Waals surface area (Å²) in [6.07, 6.45) is 0.445. The van der Waals surface area contributed by atoms with Crippen molar-refractivity contribution in [3.8, 4) is 0 Å². The van der Waals surface area contributed by atoms with Crippen LogP contribution in [0.4, 0.5) is 5.13 Å². The molecule has 0 radical (unpaired) electrons. The van der Waals surface area contributed by atoms with Crippen molar-refractivity contribution >= 4 is 22.4 Å². The van der Waals surface area contributed by atoms with Crippen LogP contribution in [0.25, 0.3) is 0 Å². The summed E-state index contributed by atoms with van der Waals surface area (Å²) in [4.78, 5) is 11.4. The third kappa shape index (κ3) is 3.86. The van der Waals surface area contributed by atoms with Gasteiger partial charge in [-0.3, -0.25) is 4.79 Å². The Labute approximate surface area is 99.7 Å². The highest BCUT2D eigenvalue weighted by molar-refractivity contribution is 7.15. The Morgan fingerprint density at radius 1 is 1.38 bits per heavy atom. The maximum absolute atomic E-state index is 11.4. The van der Waals surface area contributed by atoms with E-state index in [1.165, 1.54) is 11.3 Å². The van der Waals surface area contributed by atoms with Gasteiger partial charge < -0.3 is 10.6 Å². The monoisotopic (exact) mass is 242 g/mol. The summed E-state index contributed by atoms with van der Waals surface area (Å²) in [7, 11) is 1.82. The highest BCUT2D eigenvalue weighted by Crippen LogP contribution is 2.27. The number of carbonyl (C=O) groups excluding carboxylic acids is 1. The van der Waals surface area contributed by atoms with Crippen LogP contribution in [0.15, 0.2) is 0 Å². The quantitative estimate of drug-likeness (QED) is 0.837. The maximum Gasteiger partial charge on any atom is 0.227 e. The molecule has 0 spiro atoms. The Hall–Kier alpha value is -1.01. The fourth-order valence-corrected chi connectivity index (χ4v) is 1.81. The van der Waals surface area contributed by atoms with E-state index in [1.807, 2.05) is 7.05 Å². The van der Waals surface area contributed by atoms with Gasteiger partial charge in [-0.1, -0.05) is 32.1 Å². The number of nitrogens with one attached hydrogen (secondary N) is 2. The molecule has 0 aliphatic carbocycles. The van der Waals surface area contributed by atoms with Gasteiger partial charge in [0.1, 0.15) is 5.01 Å². The van der Waals surface area contributed by atoms with E-state index in [-0.39, 0.29) is 11.3 Å². The minimum Gasteiger partial charge on any atom is -0.319 e. The SMILES string of the molecule is CNCCC(=O)Nc1nnc(C(C)(C)C)s1. The van der Waals surface area contributed by atoms with Crippen molar-refractivity contribution in [2.45, 2.75) is 32.6 Å². The highest BCUT2D eigenvalue weighted by Gasteiger charge is 2.19. The zero-order chi connectivity index (χ0) is 12.2. The van der Waals surface area contributed by atoms with E-state index in [0.29, 0.717) is 18.1 Å². The van der Waals surface area contributed by atoms with Gasteiger partial charge in [-0.2, -0.15) is 0 Å². The van der Waals surface area contributed by atoms with Gasteiger partial charge in [-0.25, -0.2) is 0 Å². The van der Waals surface area contributed by atoms with Crippen LogP contribution in [0, 0.1) is 0 Å². The molecule has 90 valence electrons. The minimum absolute atomic E-state index is 0.0222. The highest BCUT2D eigenvalue weighted by atomic mass is 32.1. The molecular formula is C10H18N4OS. The molecule has 0 aliphatic rings. The second-order valence-corrected chi connectivity index (χ2v) is 5.54. The predicted molar refractivity (Wildman–Crippen MR) is 65.8 cm³/mol. The fourth-order valence-electron chi connectivity index (χ4n) is 0.997. The van der Waals surface area contributed by atoms with E-state index >= 15 is 0 Å². The molecule has 0 aliphatic heterocycles. The van der Waals surface area contributed by atoms with Gasteiger partial charge in [0.05, 0.1) is 0 Å². The number of nitrogens with zero attached hydrogens (tertiary/aromatic N) is 2. The number of rotatable bonds is 4. The Bertz CT molecular complexity index is 356. The predicted octanol–water partition coefficient (Wildman–Crippen LogP) is 1.38. The van der Waals surface area contributed by atoms with E-state index in [4.69, 9.17) is 0 Å². The molecule has 1 aromatic rings. The van der Waals surface area contributed by atoms with E-state index in [0.717, 1.165) is 5.01 Å². The van der Waals surface area contributed by atoms with E-state index in [9.17, 15) is 4.79 Å². The zero-order valence-electron chi connectivity index (χ0n) is 10.1. The zero-order valence-corrected chi connectivity index (χ0v) is 10.9. The number of hydrogen-bond acceptors (Lipinski definition) is 5. The topological polar surface area (TPSA) is 66.9 Å². The molecule has 0 atom stereocenters. The number of aromatic nitrogens is 2. The number of anilines is 1. The van der Waals surface area contributed by atoms with Crippen molar-refractivity contribution in [2.75, 3.05) is 18.9 Å². The lowest BCUT2D eigenvalue weighted by molar-refractivity contribution is -0.116. The molecule has 1 amide bonds. The lowest BCUT2D eigenvalue weighted by atomic mass is 9.98. The molecule has 1 heterocycles. The molecule has 6 heteroatoms. The van der Waals surface area contributed by atoms with Crippen LogP contribution in [0.3, 0.4) is 0 Å². The molecular weight excluding hydrogens is 224 g/mol. The molecule has 16 heavy (non-hydrogen) atoms. The van der Waals surface area contributed by atoms with Crippen LogP contribution in [0.5, 0.6) is 0 Å². The summed E-state index contributed by atoms with van der Waals surface area (Å²) in [5.74, 6) is -0.0361. The summed E-state index contributed by atoms with van der Waals surface area (Å²) < 4.78 is 0. The number of hydrogen-bond donors (Lipinski definition) is 2. The van der Waals surface area contributed by atoms with Gasteiger partial charge in [0, 0.05) is 18.4 Å². The molecule has 1 aromatic heterocycles. The summed E-state index contributed by atoms with van der Waals surface area (Å²) in [5, 5.41) is 15.2. The largest absolute Gasteiger partial charge is 0.319 e. The van der Waals surface area contributed by atoms with Crippen LogP contribution >= 0.6 is 11.3 Å². The minimum atomic E-state index is -0.0361. The summed E-state index contributed by atoms with van der Waals surface area (Å²) in [5.41, 5.74) is -0.0222. The van der Waals surface area contributed by atoms with E-state index < -0.39 is 0 Å². The smallest absolute Gasteiger partial charge is 0.227 e. The Morgan fingerprint density at radius 3 is 2.56 bits per heavy atom. The lowest BCUT2D eigenvalue weighted by Gasteiger charge is -2.12. The molecule has 0 bridgehead atoms. The fraction of sp³-hybridized carbons (Fsp3) is 0.700. The Morgan fingerprint density at radius 2 is 2.06 bits per heavy atom. The first-order valence-corrected chi connectivity index (χ1v) is 6.03. The average molecular weight is 242 g/mol. The molecule has 0 aromatic carbocycles. The van der Waals surface area contributed by atoms with E-state index in [1.54, 1.807) is 0 Å². The van der Waals surface area contributed by atoms with Gasteiger partial charge in [0.2, 0.25) is 11.0 Å². The summed E-state index contributed by atoms with van der Waals surface area (Å²) >= 11 is 1.43. The number of carbonyl (C=O) groups is 1. The molecule has 1 rings (SSSR count). The van der Waals surface area contributed by atoms with Crippen molar-refractivity contribution in [1.29, 1.82) is 0 Å². The maximum atomic E-state index is 11.4. The molecule has 0 fully saturated rings. The summed E-state index contributed by atoms with van der Waals surface area (Å²) in [6, 6.07) is 0. The summed E-state index contributed by atoms with van der Waals surface area (Å²) in [6.45, 7) is 6.87. The van der Waals surface area contributed by atoms with Crippen molar-refractivity contribution in [1.82, 2.24) is 15.5 Å². The molecule has 0 unspecified atom stereocenters. The second-order valence-electron chi connectivity index (χ2n) is 4.56. The Kier molecular flexibility index (Phi) is 4.37. The molecule has 0 saturated heterocycles. The lowest BCUT2D eigenvalue weighted by Crippen LogP contribution is -2.18. The van der Waals surface area contributed by atoms with Crippen LogP contribution < -0.4 is 10.6 Å². The molecule has 5 nitrogen and oxygen atoms in total. The third-order valence-electron chi connectivity index (χ3n) is 1.92. The van der Waals surface area contributed by atoms with Crippen LogP contribution in [-0.4, -0.2) is 29.7 Å². The van der Waals surface area contributed by atoms with Gasteiger partial charge in [0.25, 0.3) is 0 Å². The van der Waals surface area contributed by atoms with Crippen LogP contribution in [0.1, 0.15) is 32.2 Å². The first-order valence-electron chi connectivity index (χ1n) is 5.22. The van der Waals surface area contributed by atoms with Crippen molar-refractivity contribution in [2.24, 2.45) is 0 Å². The van der Waals surface area contributed by atoms with Gasteiger partial charge in [-0.05, 0) is 7.05 Å². The second kappa shape index (κ2) is 5.36. The number of amides is 1. The van der Waals surface area contributed by atoms with Crippen molar-refractivity contribution in [3.05, 3.63) is 5.01 Å². The first kappa shape index (κ1) is 13.1. The molecule has 2 N–H and O–H groups in total. The average Bonchev–Trinajstić information content (AvgIpc) is 2.62. The van der Waals surface area contributed by atoms with Crippen molar-refractivity contribution in [3.63, 3.8) is 0 Å². The normalized spacial score (nSPS) is 11.5. The third-order valence-corrected chi connectivity index (χ3v) is 3.18. The standard InChI is InChI=1S/C10H18N4OS/c1-10(2,3)8-13-14-9(16-8)12-7(15)5-6-11-4/h11H,5-6H2,1-4H3,(H,12,14,15). The van der Waals surface area contributed by atoms with Crippen LogP contribution in [0.2, 0.25) is 0 Å². The van der Waals surface area contributed by atoms with Gasteiger partial charge in [-0.15, -0.1) is 10.2 Å².